The predicted molar refractivity (Wildman–Crippen MR) is 111 cm³/mol. The Hall–Kier alpha value is -3.10. The highest BCUT2D eigenvalue weighted by Crippen LogP contribution is 2.43. The monoisotopic (exact) mass is 410 g/mol. The van der Waals surface area contributed by atoms with Gasteiger partial charge in [0.15, 0.2) is 0 Å². The molecule has 1 unspecified atom stereocenters. The molecule has 2 aromatic rings. The van der Waals surface area contributed by atoms with Gasteiger partial charge in [-0.1, -0.05) is 6.07 Å². The number of aryl methyl sites for hydroxylation is 1. The highest BCUT2D eigenvalue weighted by molar-refractivity contribution is 6.07. The van der Waals surface area contributed by atoms with E-state index in [4.69, 9.17) is 0 Å². The fraction of sp³-hybridized carbons (Fsp3) is 0.524. The predicted octanol–water partition coefficient (Wildman–Crippen LogP) is 0.990. The summed E-state index contributed by atoms with van der Waals surface area (Å²) in [5.74, 6) is -0.0889. The molecule has 1 atom stereocenters. The van der Waals surface area contributed by atoms with Crippen LogP contribution < -0.4 is 15.5 Å². The number of anilines is 1. The Morgan fingerprint density at radius 2 is 1.97 bits per heavy atom. The van der Waals surface area contributed by atoms with Gasteiger partial charge in [-0.25, -0.2) is 4.79 Å². The quantitative estimate of drug-likeness (QED) is 0.716. The summed E-state index contributed by atoms with van der Waals surface area (Å²) < 4.78 is 1.87. The van der Waals surface area contributed by atoms with Crippen molar-refractivity contribution >= 4 is 34.4 Å². The van der Waals surface area contributed by atoms with Gasteiger partial charge < -0.3 is 15.1 Å². The number of aromatic nitrogens is 2. The highest BCUT2D eigenvalue weighted by atomic mass is 16.2. The average Bonchev–Trinajstić information content (AvgIpc) is 3.48. The minimum absolute atomic E-state index is 0.0446. The zero-order valence-electron chi connectivity index (χ0n) is 17.1. The van der Waals surface area contributed by atoms with Crippen molar-refractivity contribution in [3.8, 4) is 0 Å². The van der Waals surface area contributed by atoms with E-state index in [1.165, 1.54) is 0 Å². The Kier molecular flexibility index (Phi) is 4.41. The van der Waals surface area contributed by atoms with Crippen molar-refractivity contribution in [2.24, 2.45) is 13.0 Å². The number of fused-ring (bicyclic) bond motifs is 1. The molecule has 3 heterocycles. The lowest BCUT2D eigenvalue weighted by Crippen LogP contribution is -2.51. The maximum atomic E-state index is 12.8. The molecule has 30 heavy (non-hydrogen) atoms. The summed E-state index contributed by atoms with van der Waals surface area (Å²) in [6.45, 7) is 2.80. The number of imide groups is 1. The van der Waals surface area contributed by atoms with Gasteiger partial charge in [-0.15, -0.1) is 0 Å². The molecule has 158 valence electrons. The molecule has 1 aromatic carbocycles. The van der Waals surface area contributed by atoms with Crippen LogP contribution in [0, 0.1) is 5.92 Å². The number of nitrogens with zero attached hydrogens (tertiary/aromatic N) is 4. The fourth-order valence-electron chi connectivity index (χ4n) is 4.85. The number of benzene rings is 1. The van der Waals surface area contributed by atoms with Crippen LogP contribution in [0.25, 0.3) is 10.9 Å². The Bertz CT molecular complexity index is 1020. The summed E-state index contributed by atoms with van der Waals surface area (Å²) in [7, 11) is 1.93. The molecule has 2 N–H and O–H groups in total. The molecule has 5 rings (SSSR count). The third kappa shape index (κ3) is 3.09. The van der Waals surface area contributed by atoms with Gasteiger partial charge in [0.1, 0.15) is 5.54 Å². The lowest BCUT2D eigenvalue weighted by molar-refractivity contribution is -0.132. The fourth-order valence-corrected chi connectivity index (χ4v) is 4.85. The number of urea groups is 1. The molecule has 1 aromatic heterocycles. The molecule has 9 nitrogen and oxygen atoms in total. The molecule has 2 aliphatic heterocycles. The molecule has 0 bridgehead atoms. The van der Waals surface area contributed by atoms with Crippen LogP contribution in [0.5, 0.6) is 0 Å². The lowest BCUT2D eigenvalue weighted by Gasteiger charge is -2.37. The van der Waals surface area contributed by atoms with Crippen molar-refractivity contribution in [2.75, 3.05) is 31.1 Å². The molecule has 0 radical (unpaired) electrons. The first-order valence-electron chi connectivity index (χ1n) is 10.5. The van der Waals surface area contributed by atoms with E-state index in [1.807, 2.05) is 28.9 Å². The lowest BCUT2D eigenvalue weighted by atomic mass is 9.87. The van der Waals surface area contributed by atoms with Crippen LogP contribution >= 0.6 is 0 Å². The summed E-state index contributed by atoms with van der Waals surface area (Å²) in [6, 6.07) is 5.74. The van der Waals surface area contributed by atoms with Crippen LogP contribution in [-0.2, 0) is 16.6 Å². The minimum atomic E-state index is -0.898. The van der Waals surface area contributed by atoms with E-state index in [0.717, 1.165) is 42.5 Å². The van der Waals surface area contributed by atoms with Crippen LogP contribution in [0.4, 0.5) is 10.5 Å². The number of rotatable bonds is 5. The van der Waals surface area contributed by atoms with Crippen LogP contribution in [0.3, 0.4) is 0 Å². The van der Waals surface area contributed by atoms with Crippen molar-refractivity contribution in [3.63, 3.8) is 0 Å². The van der Waals surface area contributed by atoms with Crippen molar-refractivity contribution in [2.45, 2.75) is 31.2 Å². The Labute approximate surface area is 174 Å². The van der Waals surface area contributed by atoms with Gasteiger partial charge in [0.25, 0.3) is 5.91 Å². The van der Waals surface area contributed by atoms with Gasteiger partial charge in [0, 0.05) is 50.7 Å². The number of carbonyl (C=O) groups is 3. The van der Waals surface area contributed by atoms with Gasteiger partial charge in [0.05, 0.1) is 11.7 Å². The second-order valence-electron chi connectivity index (χ2n) is 8.50. The van der Waals surface area contributed by atoms with Crippen molar-refractivity contribution in [1.29, 1.82) is 0 Å². The average molecular weight is 410 g/mol. The number of piperazine rings is 1. The second-order valence-corrected chi connectivity index (χ2v) is 8.50. The smallest absolute Gasteiger partial charge is 0.322 e. The van der Waals surface area contributed by atoms with Gasteiger partial charge in [-0.3, -0.25) is 19.6 Å². The number of nitrogens with one attached hydrogen (secondary N) is 2. The van der Waals surface area contributed by atoms with Gasteiger partial charge >= 0.3 is 6.03 Å². The first kappa shape index (κ1) is 18.9. The summed E-state index contributed by atoms with van der Waals surface area (Å²) in [4.78, 5) is 41.0. The maximum Gasteiger partial charge on any atom is 0.322 e. The zero-order chi connectivity index (χ0) is 20.9. The summed E-state index contributed by atoms with van der Waals surface area (Å²) in [6.07, 6.45) is 4.35. The third-order valence-corrected chi connectivity index (χ3v) is 6.72. The van der Waals surface area contributed by atoms with E-state index in [-0.39, 0.29) is 24.2 Å². The summed E-state index contributed by atoms with van der Waals surface area (Å²) in [5.41, 5.74) is 1.34. The zero-order valence-corrected chi connectivity index (χ0v) is 17.1. The molecule has 3 fully saturated rings. The second kappa shape index (κ2) is 7.00. The largest absolute Gasteiger partial charge is 0.367 e. The molecule has 1 aliphatic carbocycles. The van der Waals surface area contributed by atoms with E-state index in [9.17, 15) is 14.4 Å². The Morgan fingerprint density at radius 1 is 1.20 bits per heavy atom. The maximum absolute atomic E-state index is 12.8. The summed E-state index contributed by atoms with van der Waals surface area (Å²) in [5, 5.41) is 10.6. The molecule has 1 saturated carbocycles. The number of hydrogen-bond acceptors (Lipinski definition) is 5. The standard InChI is InChI=1S/C21H26N6O3/c1-25-16-3-2-4-17(15(16)13-22-25)26-9-11-27(12-10-26)18(28)7-8-21(14-5-6-14)19(29)23-20(30)24-21/h2-4,13-14H,5-12H2,1H3,(H2,23,24,29,30). The number of carbonyl (C=O) groups excluding carboxylic acids is 3. The normalized spacial score (nSPS) is 24.3. The van der Waals surface area contributed by atoms with E-state index in [2.05, 4.69) is 32.8 Å². The third-order valence-electron chi connectivity index (χ3n) is 6.72. The minimum Gasteiger partial charge on any atom is -0.367 e. The van der Waals surface area contributed by atoms with Crippen molar-refractivity contribution in [1.82, 2.24) is 25.3 Å². The van der Waals surface area contributed by atoms with Crippen LogP contribution in [0.15, 0.2) is 24.4 Å². The van der Waals surface area contributed by atoms with E-state index in [0.29, 0.717) is 19.5 Å². The first-order chi connectivity index (χ1) is 14.5. The summed E-state index contributed by atoms with van der Waals surface area (Å²) >= 11 is 0. The first-order valence-corrected chi connectivity index (χ1v) is 10.5. The van der Waals surface area contributed by atoms with E-state index >= 15 is 0 Å². The SMILES string of the molecule is Cn1ncc2c(N3CCN(C(=O)CCC4(C5CC5)NC(=O)NC4=O)CC3)cccc21. The van der Waals surface area contributed by atoms with E-state index < -0.39 is 11.6 Å². The molecule has 3 aliphatic rings. The van der Waals surface area contributed by atoms with E-state index in [1.54, 1.807) is 0 Å². The van der Waals surface area contributed by atoms with Gasteiger partial charge in [-0.2, -0.15) is 5.10 Å². The van der Waals surface area contributed by atoms with Crippen LogP contribution in [-0.4, -0.2) is 64.2 Å². The molecular formula is C21H26N6O3. The molecule has 4 amide bonds. The molecular weight excluding hydrogens is 384 g/mol. The van der Waals surface area contributed by atoms with Crippen LogP contribution in [0.2, 0.25) is 0 Å². The Balaban J connectivity index is 1.21. The Morgan fingerprint density at radius 3 is 2.63 bits per heavy atom. The molecule has 2 saturated heterocycles. The van der Waals surface area contributed by atoms with Crippen molar-refractivity contribution < 1.29 is 14.4 Å². The number of amides is 4. The van der Waals surface area contributed by atoms with Gasteiger partial charge in [-0.05, 0) is 37.3 Å². The highest BCUT2D eigenvalue weighted by Gasteiger charge is 2.55. The van der Waals surface area contributed by atoms with Crippen LogP contribution in [0.1, 0.15) is 25.7 Å². The molecule has 0 spiro atoms. The van der Waals surface area contributed by atoms with Crippen molar-refractivity contribution in [3.05, 3.63) is 24.4 Å². The van der Waals surface area contributed by atoms with Gasteiger partial charge in [0.2, 0.25) is 5.91 Å². The number of hydrogen-bond donors (Lipinski definition) is 2. The molecule has 9 heteroatoms. The topological polar surface area (TPSA) is 99.6 Å².